The molecule has 1 aliphatic heterocycles. The van der Waals surface area contributed by atoms with Gasteiger partial charge in [-0.2, -0.15) is 0 Å². The third-order valence-corrected chi connectivity index (χ3v) is 2.79. The normalized spacial score (nSPS) is 28.8. The number of rotatable bonds is 3. The predicted octanol–water partition coefficient (Wildman–Crippen LogP) is 0.618. The Morgan fingerprint density at radius 1 is 1.57 bits per heavy atom. The standard InChI is InChI=1S/C10H17NO3/c1-8-6-13-5-4-11(8)7-14-10(12)9-2-3-9/h8-9H,2-7H2,1H3/t8-/m1/s1. The summed E-state index contributed by atoms with van der Waals surface area (Å²) in [6.07, 6.45) is 2.02. The lowest BCUT2D eigenvalue weighted by Gasteiger charge is -2.32. The molecule has 2 fully saturated rings. The average molecular weight is 199 g/mol. The molecule has 1 heterocycles. The van der Waals surface area contributed by atoms with Crippen LogP contribution in [0.4, 0.5) is 0 Å². The van der Waals surface area contributed by atoms with Gasteiger partial charge in [0.1, 0.15) is 6.73 Å². The van der Waals surface area contributed by atoms with Gasteiger partial charge in [-0.25, -0.2) is 0 Å². The second-order valence-corrected chi connectivity index (χ2v) is 4.10. The van der Waals surface area contributed by atoms with Crippen molar-refractivity contribution in [1.82, 2.24) is 4.90 Å². The van der Waals surface area contributed by atoms with Gasteiger partial charge in [-0.15, -0.1) is 0 Å². The van der Waals surface area contributed by atoms with Gasteiger partial charge >= 0.3 is 5.97 Å². The molecule has 0 bridgehead atoms. The fraction of sp³-hybridized carbons (Fsp3) is 0.900. The largest absolute Gasteiger partial charge is 0.449 e. The summed E-state index contributed by atoms with van der Waals surface area (Å²) in [6.45, 7) is 4.86. The van der Waals surface area contributed by atoms with E-state index in [9.17, 15) is 4.79 Å². The first-order valence-electron chi connectivity index (χ1n) is 5.26. The first-order chi connectivity index (χ1) is 6.77. The summed E-state index contributed by atoms with van der Waals surface area (Å²) < 4.78 is 10.5. The van der Waals surface area contributed by atoms with E-state index in [2.05, 4.69) is 11.8 Å². The van der Waals surface area contributed by atoms with Gasteiger partial charge in [0.15, 0.2) is 0 Å². The van der Waals surface area contributed by atoms with Gasteiger partial charge in [0.05, 0.1) is 19.1 Å². The maximum atomic E-state index is 11.3. The molecule has 14 heavy (non-hydrogen) atoms. The quantitative estimate of drug-likeness (QED) is 0.624. The Morgan fingerprint density at radius 3 is 3.00 bits per heavy atom. The van der Waals surface area contributed by atoms with Crippen LogP contribution in [-0.2, 0) is 14.3 Å². The Bertz CT molecular complexity index is 215. The van der Waals surface area contributed by atoms with E-state index in [1.54, 1.807) is 0 Å². The molecule has 80 valence electrons. The number of hydrogen-bond acceptors (Lipinski definition) is 4. The third kappa shape index (κ3) is 2.45. The van der Waals surface area contributed by atoms with E-state index in [0.29, 0.717) is 12.8 Å². The SMILES string of the molecule is C[C@@H]1COCCN1COC(=O)C1CC1. The van der Waals surface area contributed by atoms with Crippen LogP contribution >= 0.6 is 0 Å². The molecule has 0 aromatic rings. The highest BCUT2D eigenvalue weighted by atomic mass is 16.5. The number of esters is 1. The highest BCUT2D eigenvalue weighted by molar-refractivity contribution is 5.74. The molecular formula is C10H17NO3. The summed E-state index contributed by atoms with van der Waals surface area (Å²) in [5.41, 5.74) is 0. The molecule has 0 amide bonds. The fourth-order valence-electron chi connectivity index (χ4n) is 1.54. The lowest BCUT2D eigenvalue weighted by molar-refractivity contribution is -0.154. The summed E-state index contributed by atoms with van der Waals surface area (Å²) in [4.78, 5) is 13.4. The molecule has 0 radical (unpaired) electrons. The van der Waals surface area contributed by atoms with Crippen molar-refractivity contribution in [2.24, 2.45) is 5.92 Å². The van der Waals surface area contributed by atoms with Crippen LogP contribution in [0.25, 0.3) is 0 Å². The lowest BCUT2D eigenvalue weighted by atomic mass is 10.3. The maximum absolute atomic E-state index is 11.3. The minimum absolute atomic E-state index is 0.0244. The van der Waals surface area contributed by atoms with Gasteiger partial charge in [-0.05, 0) is 19.8 Å². The number of carbonyl (C=O) groups is 1. The number of nitrogens with zero attached hydrogens (tertiary/aromatic N) is 1. The van der Waals surface area contributed by atoms with E-state index in [4.69, 9.17) is 9.47 Å². The Balaban J connectivity index is 1.70. The first-order valence-corrected chi connectivity index (χ1v) is 5.26. The minimum Gasteiger partial charge on any atom is -0.449 e. The van der Waals surface area contributed by atoms with Crippen molar-refractivity contribution >= 4 is 5.97 Å². The van der Waals surface area contributed by atoms with Crippen LogP contribution in [0.15, 0.2) is 0 Å². The second kappa shape index (κ2) is 4.28. The maximum Gasteiger partial charge on any atom is 0.310 e. The van der Waals surface area contributed by atoms with E-state index in [1.165, 1.54) is 0 Å². The van der Waals surface area contributed by atoms with E-state index in [-0.39, 0.29) is 11.9 Å². The van der Waals surface area contributed by atoms with Crippen molar-refractivity contribution in [2.45, 2.75) is 25.8 Å². The molecule has 0 aromatic heterocycles. The van der Waals surface area contributed by atoms with Gasteiger partial charge in [0, 0.05) is 12.6 Å². The molecule has 2 aliphatic rings. The van der Waals surface area contributed by atoms with Crippen LogP contribution in [0, 0.1) is 5.92 Å². The van der Waals surface area contributed by atoms with Crippen LogP contribution in [0.1, 0.15) is 19.8 Å². The minimum atomic E-state index is -0.0244. The van der Waals surface area contributed by atoms with Crippen LogP contribution in [0.5, 0.6) is 0 Å². The van der Waals surface area contributed by atoms with Crippen LogP contribution in [0.2, 0.25) is 0 Å². The number of hydrogen-bond donors (Lipinski definition) is 0. The Hall–Kier alpha value is -0.610. The molecule has 0 spiro atoms. The summed E-state index contributed by atoms with van der Waals surface area (Å²) in [5, 5.41) is 0. The van der Waals surface area contributed by atoms with Crippen molar-refractivity contribution < 1.29 is 14.3 Å². The molecule has 1 saturated heterocycles. The van der Waals surface area contributed by atoms with Crippen molar-refractivity contribution in [3.05, 3.63) is 0 Å². The van der Waals surface area contributed by atoms with Gasteiger partial charge in [-0.3, -0.25) is 9.69 Å². The smallest absolute Gasteiger partial charge is 0.310 e. The van der Waals surface area contributed by atoms with E-state index in [0.717, 1.165) is 32.6 Å². The first kappa shape index (κ1) is 9.93. The molecule has 4 heteroatoms. The fourth-order valence-corrected chi connectivity index (χ4v) is 1.54. The average Bonchev–Trinajstić information content (AvgIpc) is 2.99. The summed E-state index contributed by atoms with van der Waals surface area (Å²) >= 11 is 0. The summed E-state index contributed by atoms with van der Waals surface area (Å²) in [6, 6.07) is 0.357. The molecule has 1 aliphatic carbocycles. The van der Waals surface area contributed by atoms with Gasteiger partial charge in [0.25, 0.3) is 0 Å². The highest BCUT2D eigenvalue weighted by Gasteiger charge is 2.32. The van der Waals surface area contributed by atoms with Crippen molar-refractivity contribution in [3.63, 3.8) is 0 Å². The van der Waals surface area contributed by atoms with Crippen LogP contribution in [-0.4, -0.2) is 43.4 Å². The Morgan fingerprint density at radius 2 is 2.36 bits per heavy atom. The van der Waals surface area contributed by atoms with Crippen molar-refractivity contribution in [1.29, 1.82) is 0 Å². The number of carbonyl (C=O) groups excluding carboxylic acids is 1. The third-order valence-electron chi connectivity index (χ3n) is 2.79. The van der Waals surface area contributed by atoms with Crippen molar-refractivity contribution in [2.75, 3.05) is 26.5 Å². The van der Waals surface area contributed by atoms with Gasteiger partial charge < -0.3 is 9.47 Å². The van der Waals surface area contributed by atoms with Crippen molar-refractivity contribution in [3.8, 4) is 0 Å². The monoisotopic (exact) mass is 199 g/mol. The lowest BCUT2D eigenvalue weighted by Crippen LogP contribution is -2.45. The van der Waals surface area contributed by atoms with E-state index >= 15 is 0 Å². The van der Waals surface area contributed by atoms with E-state index < -0.39 is 0 Å². The molecular weight excluding hydrogens is 182 g/mol. The molecule has 0 N–H and O–H groups in total. The highest BCUT2D eigenvalue weighted by Crippen LogP contribution is 2.30. The van der Waals surface area contributed by atoms with Gasteiger partial charge in [0.2, 0.25) is 0 Å². The number of ether oxygens (including phenoxy) is 2. The van der Waals surface area contributed by atoms with Gasteiger partial charge in [-0.1, -0.05) is 0 Å². The molecule has 2 rings (SSSR count). The second-order valence-electron chi connectivity index (χ2n) is 4.10. The zero-order valence-corrected chi connectivity index (χ0v) is 8.57. The topological polar surface area (TPSA) is 38.8 Å². The molecule has 1 saturated carbocycles. The Kier molecular flexibility index (Phi) is 3.03. The van der Waals surface area contributed by atoms with Crippen LogP contribution in [0.3, 0.4) is 0 Å². The van der Waals surface area contributed by atoms with Crippen LogP contribution < -0.4 is 0 Å². The molecule has 0 aromatic carbocycles. The number of morpholine rings is 1. The predicted molar refractivity (Wildman–Crippen MR) is 50.7 cm³/mol. The Labute approximate surface area is 84.2 Å². The summed E-state index contributed by atoms with van der Waals surface area (Å²) in [7, 11) is 0. The zero-order valence-electron chi connectivity index (χ0n) is 8.57. The molecule has 4 nitrogen and oxygen atoms in total. The molecule has 1 atom stereocenters. The summed E-state index contributed by atoms with van der Waals surface area (Å²) in [5.74, 6) is 0.176. The molecule has 0 unspecified atom stereocenters. The van der Waals surface area contributed by atoms with E-state index in [1.807, 2.05) is 0 Å². The zero-order chi connectivity index (χ0) is 9.97.